The molecule has 0 aliphatic rings. The number of carboxylic acid groups (broad SMARTS) is 1. The highest BCUT2D eigenvalue weighted by Gasteiger charge is 2.22. The maximum atomic E-state index is 12.3. The minimum Gasteiger partial charge on any atom is -0.481 e. The van der Waals surface area contributed by atoms with Gasteiger partial charge in [-0.3, -0.25) is 19.1 Å². The van der Waals surface area contributed by atoms with Crippen molar-refractivity contribution in [1.82, 2.24) is 15.5 Å². The number of amides is 1. The highest BCUT2D eigenvalue weighted by molar-refractivity contribution is 6.30. The molecule has 3 rings (SSSR count). The summed E-state index contributed by atoms with van der Waals surface area (Å²) in [5.41, 5.74) is 2.88. The molecule has 9 heteroatoms. The van der Waals surface area contributed by atoms with Crippen molar-refractivity contribution in [2.24, 2.45) is 5.92 Å². The van der Waals surface area contributed by atoms with Crippen LogP contribution >= 0.6 is 11.6 Å². The van der Waals surface area contributed by atoms with Gasteiger partial charge in [-0.15, -0.1) is 0 Å². The number of carbonyl (C=O) groups excluding carboxylic acids is 1. The highest BCUT2D eigenvalue weighted by Crippen LogP contribution is 2.23. The molecular weight excluding hydrogens is 410 g/mol. The van der Waals surface area contributed by atoms with Crippen molar-refractivity contribution in [3.63, 3.8) is 0 Å². The van der Waals surface area contributed by atoms with Crippen LogP contribution in [-0.4, -0.2) is 33.2 Å². The molecule has 30 heavy (non-hydrogen) atoms. The van der Waals surface area contributed by atoms with Crippen LogP contribution in [0.15, 0.2) is 57.8 Å². The first-order valence-corrected chi connectivity index (χ1v) is 9.64. The van der Waals surface area contributed by atoms with Gasteiger partial charge in [-0.1, -0.05) is 54.9 Å². The molecule has 1 amide bonds. The molecule has 8 nitrogen and oxygen atoms in total. The summed E-state index contributed by atoms with van der Waals surface area (Å²) in [5.74, 6) is -3.37. The van der Waals surface area contributed by atoms with Crippen molar-refractivity contribution < 1.29 is 19.2 Å². The van der Waals surface area contributed by atoms with Crippen molar-refractivity contribution in [2.45, 2.75) is 25.8 Å². The molecule has 2 atom stereocenters. The number of nitrogens with one attached hydrogen (secondary N) is 2. The second-order valence-corrected chi connectivity index (χ2v) is 7.44. The van der Waals surface area contributed by atoms with E-state index in [2.05, 4.69) is 20.0 Å². The highest BCUT2D eigenvalue weighted by atomic mass is 35.5. The average molecular weight is 430 g/mol. The van der Waals surface area contributed by atoms with E-state index in [1.54, 1.807) is 13.0 Å². The Morgan fingerprint density at radius 2 is 1.93 bits per heavy atom. The van der Waals surface area contributed by atoms with Crippen molar-refractivity contribution in [2.75, 3.05) is 0 Å². The lowest BCUT2D eigenvalue weighted by Gasteiger charge is -2.20. The number of benzene rings is 2. The summed E-state index contributed by atoms with van der Waals surface area (Å²) in [6.07, 6.45) is 0.612. The standard InChI is InChI=1S/C21H20ClN3O5/c1-12(20(27)28)9-17(23-19(26)18-24-21(29)30-25-18)10-13-5-7-14(8-6-13)15-3-2-4-16(22)11-15/h2-8,11-12,17H,9-10H2,1H3,(H,23,26)(H,27,28)(H,24,25,29)/t12-,17?/m1/s1. The number of carbonyl (C=O) groups is 2. The molecule has 1 heterocycles. The minimum atomic E-state index is -0.958. The van der Waals surface area contributed by atoms with E-state index in [9.17, 15) is 19.5 Å². The molecule has 3 aromatic rings. The van der Waals surface area contributed by atoms with Gasteiger partial charge < -0.3 is 10.4 Å². The smallest absolute Gasteiger partial charge is 0.439 e. The maximum Gasteiger partial charge on any atom is 0.439 e. The van der Waals surface area contributed by atoms with E-state index >= 15 is 0 Å². The maximum absolute atomic E-state index is 12.3. The van der Waals surface area contributed by atoms with Gasteiger partial charge >= 0.3 is 11.7 Å². The number of aromatic amines is 1. The fourth-order valence-corrected chi connectivity index (χ4v) is 3.28. The number of hydrogen-bond acceptors (Lipinski definition) is 5. The predicted molar refractivity (Wildman–Crippen MR) is 110 cm³/mol. The number of hydrogen-bond donors (Lipinski definition) is 3. The lowest BCUT2D eigenvalue weighted by Crippen LogP contribution is -2.39. The number of aromatic nitrogens is 2. The third-order valence-corrected chi connectivity index (χ3v) is 4.88. The van der Waals surface area contributed by atoms with Crippen molar-refractivity contribution in [1.29, 1.82) is 0 Å². The zero-order valence-electron chi connectivity index (χ0n) is 16.1. The Balaban J connectivity index is 1.75. The average Bonchev–Trinajstić information content (AvgIpc) is 3.15. The van der Waals surface area contributed by atoms with Gasteiger partial charge in [0, 0.05) is 11.1 Å². The van der Waals surface area contributed by atoms with Gasteiger partial charge in [-0.05, 0) is 46.8 Å². The first kappa shape index (κ1) is 21.3. The predicted octanol–water partition coefficient (Wildman–Crippen LogP) is 3.14. The fourth-order valence-electron chi connectivity index (χ4n) is 3.09. The zero-order valence-corrected chi connectivity index (χ0v) is 16.8. The number of halogens is 1. The number of rotatable bonds is 8. The van der Waals surface area contributed by atoms with Crippen LogP contribution in [0, 0.1) is 5.92 Å². The number of H-pyrrole nitrogens is 1. The van der Waals surface area contributed by atoms with Gasteiger partial charge in [0.05, 0.1) is 5.92 Å². The summed E-state index contributed by atoms with van der Waals surface area (Å²) < 4.78 is 4.34. The van der Waals surface area contributed by atoms with Crippen LogP contribution in [0.5, 0.6) is 0 Å². The largest absolute Gasteiger partial charge is 0.481 e. The van der Waals surface area contributed by atoms with Gasteiger partial charge in [0.2, 0.25) is 5.82 Å². The molecule has 0 saturated carbocycles. The second kappa shape index (κ2) is 9.41. The summed E-state index contributed by atoms with van der Waals surface area (Å²) >= 11 is 6.05. The van der Waals surface area contributed by atoms with Crippen LogP contribution in [0.2, 0.25) is 5.02 Å². The molecule has 3 N–H and O–H groups in total. The number of carboxylic acids is 1. The van der Waals surface area contributed by atoms with Crippen LogP contribution < -0.4 is 11.1 Å². The molecule has 0 spiro atoms. The van der Waals surface area contributed by atoms with Gasteiger partial charge in [0.15, 0.2) is 0 Å². The van der Waals surface area contributed by atoms with Crippen LogP contribution in [0.3, 0.4) is 0 Å². The van der Waals surface area contributed by atoms with E-state index in [4.69, 9.17) is 11.6 Å². The molecular formula is C21H20ClN3O5. The first-order valence-electron chi connectivity index (χ1n) is 9.26. The SMILES string of the molecule is C[C@H](CC(Cc1ccc(-c2cccc(Cl)c2)cc1)NC(=O)c1noc(=O)[nH]1)C(=O)O. The molecule has 0 fully saturated rings. The van der Waals surface area contributed by atoms with Gasteiger partial charge in [0.25, 0.3) is 5.91 Å². The Bertz CT molecular complexity index is 1090. The Hall–Kier alpha value is -3.39. The molecule has 0 aliphatic carbocycles. The second-order valence-electron chi connectivity index (χ2n) is 7.00. The van der Waals surface area contributed by atoms with E-state index in [1.165, 1.54) is 0 Å². The molecule has 0 aliphatic heterocycles. The van der Waals surface area contributed by atoms with Gasteiger partial charge in [0.1, 0.15) is 0 Å². The first-order chi connectivity index (χ1) is 14.3. The zero-order chi connectivity index (χ0) is 21.7. The van der Waals surface area contributed by atoms with E-state index in [0.29, 0.717) is 11.4 Å². The third kappa shape index (κ3) is 5.57. The quantitative estimate of drug-likeness (QED) is 0.505. The Kier molecular flexibility index (Phi) is 6.68. The van der Waals surface area contributed by atoms with Crippen molar-refractivity contribution in [3.05, 3.63) is 75.5 Å². The minimum absolute atomic E-state index is 0.208. The lowest BCUT2D eigenvalue weighted by atomic mass is 9.95. The van der Waals surface area contributed by atoms with Crippen LogP contribution in [0.4, 0.5) is 0 Å². The van der Waals surface area contributed by atoms with Crippen LogP contribution in [0.25, 0.3) is 11.1 Å². The monoisotopic (exact) mass is 429 g/mol. The number of nitrogens with zero attached hydrogens (tertiary/aromatic N) is 1. The summed E-state index contributed by atoms with van der Waals surface area (Å²) in [4.78, 5) is 36.8. The molecule has 1 aromatic heterocycles. The topological polar surface area (TPSA) is 125 Å². The normalized spacial score (nSPS) is 12.9. The van der Waals surface area contributed by atoms with E-state index < -0.39 is 29.6 Å². The molecule has 0 bridgehead atoms. The summed E-state index contributed by atoms with van der Waals surface area (Å²) in [6, 6.07) is 14.7. The number of aliphatic carboxylic acids is 1. The lowest BCUT2D eigenvalue weighted by molar-refractivity contribution is -0.141. The van der Waals surface area contributed by atoms with E-state index in [0.717, 1.165) is 16.7 Å². The Morgan fingerprint density at radius 3 is 2.53 bits per heavy atom. The summed E-state index contributed by atoms with van der Waals surface area (Å²) in [5, 5.41) is 16.0. The summed E-state index contributed by atoms with van der Waals surface area (Å²) in [6.45, 7) is 1.57. The van der Waals surface area contributed by atoms with Crippen molar-refractivity contribution >= 4 is 23.5 Å². The summed E-state index contributed by atoms with van der Waals surface area (Å²) in [7, 11) is 0. The van der Waals surface area contributed by atoms with Gasteiger partial charge in [-0.2, -0.15) is 0 Å². The molecule has 2 aromatic carbocycles. The van der Waals surface area contributed by atoms with Crippen molar-refractivity contribution in [3.8, 4) is 11.1 Å². The van der Waals surface area contributed by atoms with E-state index in [1.807, 2.05) is 42.5 Å². The third-order valence-electron chi connectivity index (χ3n) is 4.64. The van der Waals surface area contributed by atoms with E-state index in [-0.39, 0.29) is 12.2 Å². The molecule has 0 saturated heterocycles. The van der Waals surface area contributed by atoms with Gasteiger partial charge in [-0.25, -0.2) is 4.79 Å². The fraction of sp³-hybridized carbons (Fsp3) is 0.238. The van der Waals surface area contributed by atoms with Crippen LogP contribution in [-0.2, 0) is 11.2 Å². The Morgan fingerprint density at radius 1 is 1.20 bits per heavy atom. The Labute approximate surface area is 176 Å². The van der Waals surface area contributed by atoms with Crippen LogP contribution in [0.1, 0.15) is 29.5 Å². The molecule has 0 radical (unpaired) electrons. The molecule has 156 valence electrons. The molecule has 1 unspecified atom stereocenters.